The van der Waals surface area contributed by atoms with Crippen molar-refractivity contribution in [2.45, 2.75) is 57.0 Å². The van der Waals surface area contributed by atoms with Gasteiger partial charge in [-0.05, 0) is 31.6 Å². The minimum Gasteiger partial charge on any atom is -0.385 e. The summed E-state index contributed by atoms with van der Waals surface area (Å²) < 4.78 is 0. The van der Waals surface area contributed by atoms with Crippen molar-refractivity contribution in [1.29, 1.82) is 0 Å². The third-order valence-electron chi connectivity index (χ3n) is 4.49. The Morgan fingerprint density at radius 2 is 2.25 bits per heavy atom. The summed E-state index contributed by atoms with van der Waals surface area (Å²) in [5.74, 6) is 1.11. The predicted octanol–water partition coefficient (Wildman–Crippen LogP) is 1.89. The number of nitrogens with two attached hydrogens (primary N) is 1. The van der Waals surface area contributed by atoms with Crippen LogP contribution in [-0.4, -0.2) is 28.3 Å². The van der Waals surface area contributed by atoms with Gasteiger partial charge in [0.1, 0.15) is 11.4 Å². The Labute approximate surface area is 95.9 Å². The van der Waals surface area contributed by atoms with Gasteiger partial charge in [0, 0.05) is 6.04 Å². The molecule has 4 nitrogen and oxygen atoms in total. The van der Waals surface area contributed by atoms with E-state index in [1.165, 1.54) is 12.8 Å². The van der Waals surface area contributed by atoms with Crippen molar-refractivity contribution in [1.82, 2.24) is 4.90 Å². The van der Waals surface area contributed by atoms with E-state index in [1.54, 1.807) is 0 Å². The molecule has 0 radical (unpaired) electrons. The summed E-state index contributed by atoms with van der Waals surface area (Å²) in [5, 5.41) is 0. The quantitative estimate of drug-likeness (QED) is 0.774. The summed E-state index contributed by atoms with van der Waals surface area (Å²) in [5.41, 5.74) is 5.87. The van der Waals surface area contributed by atoms with Gasteiger partial charge in [-0.1, -0.05) is 19.8 Å². The Morgan fingerprint density at radius 3 is 2.88 bits per heavy atom. The van der Waals surface area contributed by atoms with E-state index in [-0.39, 0.29) is 11.6 Å². The van der Waals surface area contributed by atoms with Crippen molar-refractivity contribution in [3.8, 4) is 0 Å². The standard InChI is InChI=1S/C12H19N3O/c1-2-8-4-3-7-12(8)10(13)14-11(16)15(12)9-5-6-9/h8-9H,2-7H2,1H3,(H2,13,14,16). The van der Waals surface area contributed by atoms with Gasteiger partial charge >= 0.3 is 6.03 Å². The molecule has 1 aliphatic heterocycles. The SMILES string of the molecule is CCC1CCCC12C(N)=NC(=O)N2C1CC1. The first kappa shape index (κ1) is 10.1. The summed E-state index contributed by atoms with van der Waals surface area (Å²) in [6.07, 6.45) is 6.73. The van der Waals surface area contributed by atoms with Gasteiger partial charge in [-0.3, -0.25) is 0 Å². The Bertz CT molecular complexity index is 361. The second-order valence-electron chi connectivity index (χ2n) is 5.30. The number of hydrogen-bond donors (Lipinski definition) is 1. The molecule has 1 spiro atoms. The van der Waals surface area contributed by atoms with Crippen molar-refractivity contribution in [3.05, 3.63) is 0 Å². The van der Waals surface area contributed by atoms with Gasteiger partial charge in [-0.25, -0.2) is 4.79 Å². The molecule has 3 rings (SSSR count). The molecule has 0 aromatic rings. The van der Waals surface area contributed by atoms with E-state index in [4.69, 9.17) is 5.73 Å². The topological polar surface area (TPSA) is 58.7 Å². The lowest BCUT2D eigenvalue weighted by atomic mass is 9.83. The number of amides is 2. The van der Waals surface area contributed by atoms with Crippen LogP contribution < -0.4 is 5.73 Å². The predicted molar refractivity (Wildman–Crippen MR) is 62.2 cm³/mol. The summed E-state index contributed by atoms with van der Waals surface area (Å²) in [7, 11) is 0. The highest BCUT2D eigenvalue weighted by Crippen LogP contribution is 2.49. The van der Waals surface area contributed by atoms with Gasteiger partial charge in [0.15, 0.2) is 0 Å². The van der Waals surface area contributed by atoms with Crippen molar-refractivity contribution in [3.63, 3.8) is 0 Å². The Kier molecular flexibility index (Phi) is 2.03. The highest BCUT2D eigenvalue weighted by Gasteiger charge is 2.58. The van der Waals surface area contributed by atoms with Crippen molar-refractivity contribution < 1.29 is 4.79 Å². The molecule has 4 heteroatoms. The van der Waals surface area contributed by atoms with E-state index >= 15 is 0 Å². The molecule has 0 saturated heterocycles. The van der Waals surface area contributed by atoms with E-state index in [9.17, 15) is 4.79 Å². The Hall–Kier alpha value is -1.06. The molecular formula is C12H19N3O. The maximum atomic E-state index is 11.9. The molecule has 88 valence electrons. The molecule has 16 heavy (non-hydrogen) atoms. The van der Waals surface area contributed by atoms with Crippen LogP contribution in [0.25, 0.3) is 0 Å². The van der Waals surface area contributed by atoms with Crippen LogP contribution in [0.4, 0.5) is 4.79 Å². The van der Waals surface area contributed by atoms with Gasteiger partial charge in [-0.2, -0.15) is 4.99 Å². The monoisotopic (exact) mass is 221 g/mol. The third kappa shape index (κ3) is 1.10. The first-order chi connectivity index (χ1) is 7.70. The van der Waals surface area contributed by atoms with Crippen molar-refractivity contribution in [2.75, 3.05) is 0 Å². The van der Waals surface area contributed by atoms with E-state index in [2.05, 4.69) is 11.9 Å². The maximum Gasteiger partial charge on any atom is 0.346 e. The molecule has 0 aromatic heterocycles. The molecule has 2 amide bonds. The third-order valence-corrected chi connectivity index (χ3v) is 4.49. The number of carbonyl (C=O) groups is 1. The average molecular weight is 221 g/mol. The molecule has 0 bridgehead atoms. The van der Waals surface area contributed by atoms with E-state index < -0.39 is 0 Å². The average Bonchev–Trinajstić information content (AvgIpc) is 2.92. The second kappa shape index (κ2) is 3.22. The maximum absolute atomic E-state index is 11.9. The smallest absolute Gasteiger partial charge is 0.346 e. The molecule has 0 aromatic carbocycles. The minimum atomic E-state index is -0.201. The fourth-order valence-corrected chi connectivity index (χ4v) is 3.62. The van der Waals surface area contributed by atoms with Crippen LogP contribution in [0.5, 0.6) is 0 Å². The molecule has 3 aliphatic rings. The first-order valence-electron chi connectivity index (χ1n) is 6.38. The summed E-state index contributed by atoms with van der Waals surface area (Å²) in [6, 6.07) is 0.338. The van der Waals surface area contributed by atoms with Crippen LogP contribution in [0.3, 0.4) is 0 Å². The molecule has 1 heterocycles. The van der Waals surface area contributed by atoms with Crippen LogP contribution in [0, 0.1) is 5.92 Å². The lowest BCUT2D eigenvalue weighted by molar-refractivity contribution is 0.137. The molecule has 2 aliphatic carbocycles. The molecular weight excluding hydrogens is 202 g/mol. The van der Waals surface area contributed by atoms with Crippen molar-refractivity contribution in [2.24, 2.45) is 16.6 Å². The van der Waals surface area contributed by atoms with Crippen molar-refractivity contribution >= 4 is 11.9 Å². The fraction of sp³-hybridized carbons (Fsp3) is 0.833. The first-order valence-corrected chi connectivity index (χ1v) is 6.38. The van der Waals surface area contributed by atoms with Gasteiger partial charge in [0.05, 0.1) is 0 Å². The van der Waals surface area contributed by atoms with Crippen LogP contribution in [0.1, 0.15) is 45.4 Å². The number of rotatable bonds is 2. The van der Waals surface area contributed by atoms with Crippen LogP contribution in [0.2, 0.25) is 0 Å². The molecule has 2 fully saturated rings. The molecule has 2 unspecified atom stereocenters. The van der Waals surface area contributed by atoms with E-state index in [1.807, 2.05) is 4.90 Å². The number of carbonyl (C=O) groups excluding carboxylic acids is 1. The summed E-state index contributed by atoms with van der Waals surface area (Å²) in [6.45, 7) is 2.19. The minimum absolute atomic E-state index is 0.0830. The van der Waals surface area contributed by atoms with E-state index in [0.717, 1.165) is 25.7 Å². The Morgan fingerprint density at radius 1 is 1.50 bits per heavy atom. The van der Waals surface area contributed by atoms with Crippen LogP contribution in [0.15, 0.2) is 4.99 Å². The van der Waals surface area contributed by atoms with Gasteiger partial charge < -0.3 is 10.6 Å². The molecule has 2 atom stereocenters. The second-order valence-corrected chi connectivity index (χ2v) is 5.30. The highest BCUT2D eigenvalue weighted by atomic mass is 16.2. The number of aliphatic imine (C=N–C) groups is 1. The number of hydrogen-bond acceptors (Lipinski definition) is 2. The lowest BCUT2D eigenvalue weighted by Crippen LogP contribution is -2.57. The lowest BCUT2D eigenvalue weighted by Gasteiger charge is -2.39. The van der Waals surface area contributed by atoms with Crippen LogP contribution >= 0.6 is 0 Å². The zero-order valence-electron chi connectivity index (χ0n) is 9.78. The van der Waals surface area contributed by atoms with Gasteiger partial charge in [-0.15, -0.1) is 0 Å². The molecule has 2 N–H and O–H groups in total. The summed E-state index contributed by atoms with van der Waals surface area (Å²) in [4.78, 5) is 18.0. The zero-order valence-corrected chi connectivity index (χ0v) is 9.78. The zero-order chi connectivity index (χ0) is 11.3. The van der Waals surface area contributed by atoms with Gasteiger partial charge in [0.25, 0.3) is 0 Å². The van der Waals surface area contributed by atoms with Crippen LogP contribution in [-0.2, 0) is 0 Å². The van der Waals surface area contributed by atoms with Gasteiger partial charge in [0.2, 0.25) is 0 Å². The summed E-state index contributed by atoms with van der Waals surface area (Å²) >= 11 is 0. The number of amidine groups is 1. The highest BCUT2D eigenvalue weighted by molar-refractivity contribution is 6.06. The Balaban J connectivity index is 2.01. The molecule has 2 saturated carbocycles. The fourth-order valence-electron chi connectivity index (χ4n) is 3.62. The normalized spacial score (nSPS) is 38.6. The number of urea groups is 1. The number of nitrogens with zero attached hydrogens (tertiary/aromatic N) is 2. The van der Waals surface area contributed by atoms with E-state index in [0.29, 0.717) is 17.8 Å². The largest absolute Gasteiger partial charge is 0.385 e.